The van der Waals surface area contributed by atoms with Crippen molar-refractivity contribution in [1.29, 1.82) is 0 Å². The molecule has 21 heavy (non-hydrogen) atoms. The molecule has 2 heterocycles. The van der Waals surface area contributed by atoms with E-state index < -0.39 is 0 Å². The number of rotatable bonds is 2. The monoisotopic (exact) mass is 304 g/mol. The van der Waals surface area contributed by atoms with E-state index in [4.69, 9.17) is 11.6 Å². The van der Waals surface area contributed by atoms with Crippen molar-refractivity contribution in [3.63, 3.8) is 0 Å². The highest BCUT2D eigenvalue weighted by atomic mass is 35.5. The van der Waals surface area contributed by atoms with Gasteiger partial charge in [0.25, 0.3) is 0 Å². The summed E-state index contributed by atoms with van der Waals surface area (Å²) in [7, 11) is 0. The highest BCUT2D eigenvalue weighted by Gasteiger charge is 2.31. The lowest BCUT2D eigenvalue weighted by Gasteiger charge is -2.23. The van der Waals surface area contributed by atoms with E-state index in [1.54, 1.807) is 18.5 Å². The van der Waals surface area contributed by atoms with Crippen molar-refractivity contribution in [3.05, 3.63) is 47.0 Å². The van der Waals surface area contributed by atoms with Crippen molar-refractivity contribution < 1.29 is 4.79 Å². The van der Waals surface area contributed by atoms with Crippen LogP contribution in [0, 0.1) is 6.92 Å². The van der Waals surface area contributed by atoms with E-state index in [2.05, 4.69) is 15.3 Å². The third kappa shape index (κ3) is 2.88. The summed E-state index contributed by atoms with van der Waals surface area (Å²) in [6.07, 6.45) is 5.40. The highest BCUT2D eigenvalue weighted by Crippen LogP contribution is 2.30. The first-order chi connectivity index (χ1) is 10.1. The van der Waals surface area contributed by atoms with Gasteiger partial charge >= 0.3 is 6.03 Å². The number of hydrogen-bond acceptors (Lipinski definition) is 2. The summed E-state index contributed by atoms with van der Waals surface area (Å²) in [6, 6.07) is 5.42. The molecule has 0 bridgehead atoms. The molecule has 0 unspecified atom stereocenters. The Kier molecular flexibility index (Phi) is 3.84. The molecule has 1 fully saturated rings. The number of aryl methyl sites for hydroxylation is 1. The van der Waals surface area contributed by atoms with Crippen molar-refractivity contribution in [2.45, 2.75) is 25.8 Å². The maximum atomic E-state index is 12.4. The predicted octanol–water partition coefficient (Wildman–Crippen LogP) is 3.74. The average Bonchev–Trinajstić information content (AvgIpc) is 3.12. The molecule has 0 saturated carbocycles. The third-order valence-corrected chi connectivity index (χ3v) is 4.18. The SMILES string of the molecule is Cc1ccc(NC(=O)N2CCC[C@H]2c2ncc[nH]2)cc1Cl. The molecule has 2 aromatic rings. The Bertz CT molecular complexity index is 641. The number of aromatic nitrogens is 2. The first-order valence-corrected chi connectivity index (χ1v) is 7.36. The van der Waals surface area contributed by atoms with Crippen LogP contribution in [0.25, 0.3) is 0 Å². The summed E-state index contributed by atoms with van der Waals surface area (Å²) < 4.78 is 0. The van der Waals surface area contributed by atoms with Crippen LogP contribution in [0.1, 0.15) is 30.3 Å². The van der Waals surface area contributed by atoms with Crippen molar-refractivity contribution in [1.82, 2.24) is 14.9 Å². The molecule has 0 spiro atoms. The van der Waals surface area contributed by atoms with Gasteiger partial charge in [-0.15, -0.1) is 0 Å². The van der Waals surface area contributed by atoms with E-state index in [0.717, 1.165) is 30.8 Å². The number of halogens is 1. The molecule has 6 heteroatoms. The van der Waals surface area contributed by atoms with E-state index in [-0.39, 0.29) is 12.1 Å². The number of hydrogen-bond donors (Lipinski definition) is 2. The molecular weight excluding hydrogens is 288 g/mol. The van der Waals surface area contributed by atoms with Gasteiger partial charge in [0.2, 0.25) is 0 Å². The summed E-state index contributed by atoms with van der Waals surface area (Å²) in [6.45, 7) is 2.66. The van der Waals surface area contributed by atoms with Gasteiger partial charge < -0.3 is 15.2 Å². The number of carbonyl (C=O) groups excluding carboxylic acids is 1. The van der Waals surface area contributed by atoms with Gasteiger partial charge in [-0.05, 0) is 37.5 Å². The van der Waals surface area contributed by atoms with Crippen molar-refractivity contribution >= 4 is 23.3 Å². The van der Waals surface area contributed by atoms with Crippen molar-refractivity contribution in [2.75, 3.05) is 11.9 Å². The Morgan fingerprint density at radius 1 is 1.52 bits per heavy atom. The molecule has 5 nitrogen and oxygen atoms in total. The van der Waals surface area contributed by atoms with Gasteiger partial charge in [0, 0.05) is 29.6 Å². The Morgan fingerprint density at radius 3 is 3.10 bits per heavy atom. The lowest BCUT2D eigenvalue weighted by atomic mass is 10.2. The summed E-state index contributed by atoms with van der Waals surface area (Å²) in [5, 5.41) is 3.55. The summed E-state index contributed by atoms with van der Waals surface area (Å²) in [5.74, 6) is 0.838. The summed E-state index contributed by atoms with van der Waals surface area (Å²) in [5.41, 5.74) is 1.70. The zero-order chi connectivity index (χ0) is 14.8. The smallest absolute Gasteiger partial charge is 0.322 e. The Hall–Kier alpha value is -2.01. The number of anilines is 1. The molecule has 1 saturated heterocycles. The quantitative estimate of drug-likeness (QED) is 0.888. The summed E-state index contributed by atoms with van der Waals surface area (Å²) >= 11 is 6.09. The molecular formula is C15H17ClN4O. The second-order valence-corrected chi connectivity index (χ2v) is 5.63. The van der Waals surface area contributed by atoms with Gasteiger partial charge in [0.15, 0.2) is 0 Å². The van der Waals surface area contributed by atoms with Crippen LogP contribution in [-0.4, -0.2) is 27.4 Å². The Balaban J connectivity index is 1.73. The maximum Gasteiger partial charge on any atom is 0.322 e. The second-order valence-electron chi connectivity index (χ2n) is 5.22. The van der Waals surface area contributed by atoms with Crippen LogP contribution in [-0.2, 0) is 0 Å². The van der Waals surface area contributed by atoms with Crippen LogP contribution < -0.4 is 5.32 Å². The van der Waals surface area contributed by atoms with Gasteiger partial charge in [0.1, 0.15) is 5.82 Å². The minimum atomic E-state index is -0.117. The fraction of sp³-hybridized carbons (Fsp3) is 0.333. The molecule has 2 N–H and O–H groups in total. The number of urea groups is 1. The number of H-pyrrole nitrogens is 1. The Morgan fingerprint density at radius 2 is 2.38 bits per heavy atom. The van der Waals surface area contributed by atoms with Gasteiger partial charge in [-0.3, -0.25) is 0 Å². The topological polar surface area (TPSA) is 61.0 Å². The molecule has 0 aliphatic carbocycles. The number of imidazole rings is 1. The minimum Gasteiger partial charge on any atom is -0.347 e. The van der Waals surface area contributed by atoms with Gasteiger partial charge in [-0.25, -0.2) is 9.78 Å². The van der Waals surface area contributed by atoms with Crippen molar-refractivity contribution in [2.24, 2.45) is 0 Å². The molecule has 3 rings (SSSR count). The number of benzene rings is 1. The van der Waals surface area contributed by atoms with Crippen LogP contribution in [0.15, 0.2) is 30.6 Å². The minimum absolute atomic E-state index is 0.0147. The van der Waals surface area contributed by atoms with Crippen LogP contribution >= 0.6 is 11.6 Å². The second kappa shape index (κ2) is 5.77. The molecule has 1 aliphatic rings. The van der Waals surface area contributed by atoms with Crippen molar-refractivity contribution in [3.8, 4) is 0 Å². The van der Waals surface area contributed by atoms with Crippen LogP contribution in [0.2, 0.25) is 5.02 Å². The molecule has 1 aromatic heterocycles. The molecule has 1 atom stereocenters. The third-order valence-electron chi connectivity index (χ3n) is 3.77. The number of nitrogens with zero attached hydrogens (tertiary/aromatic N) is 2. The number of aromatic amines is 1. The normalized spacial score (nSPS) is 18.0. The lowest BCUT2D eigenvalue weighted by molar-refractivity contribution is 0.205. The van der Waals surface area contributed by atoms with Crippen LogP contribution in [0.3, 0.4) is 0 Å². The van der Waals surface area contributed by atoms with Gasteiger partial charge in [-0.2, -0.15) is 0 Å². The highest BCUT2D eigenvalue weighted by molar-refractivity contribution is 6.31. The first-order valence-electron chi connectivity index (χ1n) is 6.98. The van der Waals surface area contributed by atoms with E-state index >= 15 is 0 Å². The molecule has 1 aromatic carbocycles. The van der Waals surface area contributed by atoms with Crippen LogP contribution in [0.5, 0.6) is 0 Å². The molecule has 110 valence electrons. The zero-order valence-corrected chi connectivity index (χ0v) is 12.5. The largest absolute Gasteiger partial charge is 0.347 e. The predicted molar refractivity (Wildman–Crippen MR) is 82.5 cm³/mol. The van der Waals surface area contributed by atoms with Gasteiger partial charge in [-0.1, -0.05) is 17.7 Å². The number of carbonyl (C=O) groups is 1. The lowest BCUT2D eigenvalue weighted by Crippen LogP contribution is -2.34. The van der Waals surface area contributed by atoms with E-state index in [1.807, 2.05) is 24.0 Å². The molecule has 2 amide bonds. The first kappa shape index (κ1) is 13.9. The zero-order valence-electron chi connectivity index (χ0n) is 11.8. The maximum absolute atomic E-state index is 12.4. The van der Waals surface area contributed by atoms with E-state index in [1.165, 1.54) is 0 Å². The average molecular weight is 305 g/mol. The van der Waals surface area contributed by atoms with E-state index in [9.17, 15) is 4.79 Å². The number of amides is 2. The van der Waals surface area contributed by atoms with Crippen LogP contribution in [0.4, 0.5) is 10.5 Å². The number of likely N-dealkylation sites (tertiary alicyclic amines) is 1. The standard InChI is InChI=1S/C15H17ClN4O/c1-10-4-5-11(9-12(10)16)19-15(21)20-8-2-3-13(20)14-17-6-7-18-14/h4-7,9,13H,2-3,8H2,1H3,(H,17,18)(H,19,21)/t13-/m0/s1. The fourth-order valence-electron chi connectivity index (χ4n) is 2.62. The fourth-order valence-corrected chi connectivity index (χ4v) is 2.80. The van der Waals surface area contributed by atoms with Gasteiger partial charge in [0.05, 0.1) is 6.04 Å². The van der Waals surface area contributed by atoms with E-state index in [0.29, 0.717) is 10.7 Å². The molecule has 0 radical (unpaired) electrons. The number of nitrogens with one attached hydrogen (secondary N) is 2. The summed E-state index contributed by atoms with van der Waals surface area (Å²) in [4.78, 5) is 21.6. The Labute approximate surface area is 128 Å². The molecule has 1 aliphatic heterocycles.